The molecule has 1 aliphatic heterocycles. The van der Waals surface area contributed by atoms with E-state index < -0.39 is 11.6 Å². The number of amides is 2. The molecule has 0 fully saturated rings. The van der Waals surface area contributed by atoms with Crippen LogP contribution in [0.1, 0.15) is 0 Å². The third-order valence-corrected chi connectivity index (χ3v) is 4.35. The van der Waals surface area contributed by atoms with Gasteiger partial charge in [-0.2, -0.15) is 0 Å². The van der Waals surface area contributed by atoms with Gasteiger partial charge in [0.15, 0.2) is 0 Å². The first-order valence-electron chi connectivity index (χ1n) is 6.81. The van der Waals surface area contributed by atoms with Gasteiger partial charge < -0.3 is 10.2 Å². The van der Waals surface area contributed by atoms with Crippen LogP contribution in [0.5, 0.6) is 0 Å². The van der Waals surface area contributed by atoms with Crippen LogP contribution in [0.4, 0.5) is 20.2 Å². The van der Waals surface area contributed by atoms with Crippen molar-refractivity contribution in [3.8, 4) is 0 Å². The minimum atomic E-state index is -0.709. The summed E-state index contributed by atoms with van der Waals surface area (Å²) >= 11 is 0.969. The summed E-state index contributed by atoms with van der Waals surface area (Å²) in [4.78, 5) is 25.6. The van der Waals surface area contributed by atoms with E-state index in [4.69, 9.17) is 0 Å². The lowest BCUT2D eigenvalue weighted by atomic mass is 10.2. The van der Waals surface area contributed by atoms with E-state index in [2.05, 4.69) is 5.32 Å². The van der Waals surface area contributed by atoms with E-state index in [9.17, 15) is 18.4 Å². The lowest BCUT2D eigenvalue weighted by Crippen LogP contribution is -2.43. The van der Waals surface area contributed by atoms with Gasteiger partial charge in [-0.15, -0.1) is 11.8 Å². The molecule has 0 aliphatic carbocycles. The van der Waals surface area contributed by atoms with E-state index in [0.717, 1.165) is 23.9 Å². The second-order valence-corrected chi connectivity index (χ2v) is 5.93. The second kappa shape index (κ2) is 6.37. The predicted molar refractivity (Wildman–Crippen MR) is 84.5 cm³/mol. The molecule has 4 nitrogen and oxygen atoms in total. The molecular formula is C16H12F2N2O2S. The fourth-order valence-electron chi connectivity index (χ4n) is 2.27. The number of benzene rings is 2. The summed E-state index contributed by atoms with van der Waals surface area (Å²) in [5, 5.41) is 2.69. The van der Waals surface area contributed by atoms with E-state index >= 15 is 0 Å². The zero-order chi connectivity index (χ0) is 16.4. The van der Waals surface area contributed by atoms with Crippen molar-refractivity contribution >= 4 is 35.0 Å². The van der Waals surface area contributed by atoms with Crippen LogP contribution in [-0.4, -0.2) is 24.1 Å². The molecule has 1 N–H and O–H groups in total. The zero-order valence-electron chi connectivity index (χ0n) is 11.9. The van der Waals surface area contributed by atoms with Crippen molar-refractivity contribution in [2.24, 2.45) is 0 Å². The van der Waals surface area contributed by atoms with Gasteiger partial charge in [-0.1, -0.05) is 12.1 Å². The van der Waals surface area contributed by atoms with Gasteiger partial charge in [-0.3, -0.25) is 9.59 Å². The molecule has 7 heteroatoms. The highest BCUT2D eigenvalue weighted by Gasteiger charge is 2.26. The highest BCUT2D eigenvalue weighted by atomic mass is 32.2. The number of anilines is 2. The largest absolute Gasteiger partial charge is 0.323 e. The number of hydrogen-bond donors (Lipinski definition) is 1. The third-order valence-electron chi connectivity index (χ3n) is 3.32. The third kappa shape index (κ3) is 3.34. The molecule has 0 atom stereocenters. The number of carbonyl (C=O) groups is 2. The van der Waals surface area contributed by atoms with Crippen LogP contribution >= 0.6 is 11.8 Å². The Bertz CT molecular complexity index is 782. The van der Waals surface area contributed by atoms with Crippen LogP contribution in [0.3, 0.4) is 0 Å². The SMILES string of the molecule is O=C1CN(C(=O)CSc2ccc(F)cc2F)c2ccccc2N1. The summed E-state index contributed by atoms with van der Waals surface area (Å²) in [6, 6.07) is 10.2. The molecule has 0 saturated carbocycles. The summed E-state index contributed by atoms with van der Waals surface area (Å²) in [7, 11) is 0. The summed E-state index contributed by atoms with van der Waals surface area (Å²) in [5.74, 6) is -2.03. The molecule has 3 rings (SSSR count). The summed E-state index contributed by atoms with van der Waals surface area (Å²) in [5.41, 5.74) is 1.17. The van der Waals surface area contributed by atoms with Gasteiger partial charge in [-0.05, 0) is 24.3 Å². The zero-order valence-corrected chi connectivity index (χ0v) is 12.7. The number of para-hydroxylation sites is 2. The van der Waals surface area contributed by atoms with Crippen LogP contribution in [0, 0.1) is 11.6 Å². The molecular weight excluding hydrogens is 322 g/mol. The van der Waals surface area contributed by atoms with Crippen molar-refractivity contribution in [2.45, 2.75) is 4.90 Å². The van der Waals surface area contributed by atoms with Crippen LogP contribution in [0.15, 0.2) is 47.4 Å². The van der Waals surface area contributed by atoms with Crippen LogP contribution < -0.4 is 10.2 Å². The van der Waals surface area contributed by atoms with Crippen LogP contribution in [-0.2, 0) is 9.59 Å². The van der Waals surface area contributed by atoms with Crippen LogP contribution in [0.25, 0.3) is 0 Å². The molecule has 23 heavy (non-hydrogen) atoms. The smallest absolute Gasteiger partial charge is 0.244 e. The number of halogens is 2. The highest BCUT2D eigenvalue weighted by molar-refractivity contribution is 8.00. The van der Waals surface area contributed by atoms with Gasteiger partial charge in [0.25, 0.3) is 0 Å². The Kier molecular flexibility index (Phi) is 4.29. The minimum absolute atomic E-state index is 0.0514. The second-order valence-electron chi connectivity index (χ2n) is 4.91. The number of nitrogens with zero attached hydrogens (tertiary/aromatic N) is 1. The van der Waals surface area contributed by atoms with E-state index in [0.29, 0.717) is 11.4 Å². The van der Waals surface area contributed by atoms with E-state index in [1.54, 1.807) is 24.3 Å². The first kappa shape index (κ1) is 15.5. The first-order valence-corrected chi connectivity index (χ1v) is 7.80. The molecule has 0 aromatic heterocycles. The predicted octanol–water partition coefficient (Wildman–Crippen LogP) is 3.04. The first-order chi connectivity index (χ1) is 11.0. The summed E-state index contributed by atoms with van der Waals surface area (Å²) in [6.45, 7) is -0.0810. The number of hydrogen-bond acceptors (Lipinski definition) is 3. The Morgan fingerprint density at radius 2 is 2.00 bits per heavy atom. The minimum Gasteiger partial charge on any atom is -0.323 e. The van der Waals surface area contributed by atoms with Crippen molar-refractivity contribution in [1.82, 2.24) is 0 Å². The standard InChI is InChI=1S/C16H12F2N2O2S/c17-10-5-6-14(11(18)7-10)23-9-16(22)20-8-15(21)19-12-3-1-2-4-13(12)20/h1-7H,8-9H2,(H,19,21). The Hall–Kier alpha value is -2.41. The number of carbonyl (C=O) groups excluding carboxylic acids is 2. The lowest BCUT2D eigenvalue weighted by molar-refractivity contribution is -0.120. The van der Waals surface area contributed by atoms with Crippen molar-refractivity contribution < 1.29 is 18.4 Å². The number of fused-ring (bicyclic) bond motifs is 1. The quantitative estimate of drug-likeness (QED) is 0.878. The van der Waals surface area contributed by atoms with Crippen molar-refractivity contribution in [1.29, 1.82) is 0 Å². The normalized spacial score (nSPS) is 13.5. The molecule has 0 bridgehead atoms. The molecule has 2 amide bonds. The van der Waals surface area contributed by atoms with E-state index in [-0.39, 0.29) is 29.0 Å². The molecule has 0 radical (unpaired) electrons. The summed E-state index contributed by atoms with van der Waals surface area (Å²) < 4.78 is 26.5. The molecule has 0 saturated heterocycles. The van der Waals surface area contributed by atoms with Gasteiger partial charge in [0.2, 0.25) is 11.8 Å². The Labute approximate surface area is 135 Å². The van der Waals surface area contributed by atoms with Gasteiger partial charge in [0.1, 0.15) is 18.2 Å². The van der Waals surface area contributed by atoms with Gasteiger partial charge in [-0.25, -0.2) is 8.78 Å². The average molecular weight is 334 g/mol. The molecule has 1 aliphatic rings. The maximum Gasteiger partial charge on any atom is 0.244 e. The number of nitrogens with one attached hydrogen (secondary N) is 1. The van der Waals surface area contributed by atoms with Crippen molar-refractivity contribution in [3.63, 3.8) is 0 Å². The van der Waals surface area contributed by atoms with E-state index in [1.165, 1.54) is 11.0 Å². The maximum atomic E-state index is 13.6. The van der Waals surface area contributed by atoms with Gasteiger partial charge >= 0.3 is 0 Å². The van der Waals surface area contributed by atoms with Gasteiger partial charge in [0.05, 0.1) is 17.1 Å². The number of rotatable bonds is 3. The Balaban J connectivity index is 1.75. The van der Waals surface area contributed by atoms with Crippen molar-refractivity contribution in [2.75, 3.05) is 22.5 Å². The lowest BCUT2D eigenvalue weighted by Gasteiger charge is -2.29. The van der Waals surface area contributed by atoms with E-state index in [1.807, 2.05) is 0 Å². The molecule has 0 unspecified atom stereocenters. The summed E-state index contributed by atoms with van der Waals surface area (Å²) in [6.07, 6.45) is 0. The molecule has 118 valence electrons. The van der Waals surface area contributed by atoms with Crippen molar-refractivity contribution in [3.05, 3.63) is 54.1 Å². The highest BCUT2D eigenvalue weighted by Crippen LogP contribution is 2.30. The van der Waals surface area contributed by atoms with Gasteiger partial charge in [0, 0.05) is 11.0 Å². The fraction of sp³-hybridized carbons (Fsp3) is 0.125. The molecule has 1 heterocycles. The topological polar surface area (TPSA) is 49.4 Å². The maximum absolute atomic E-state index is 13.6. The molecule has 2 aromatic carbocycles. The molecule has 0 spiro atoms. The molecule has 2 aromatic rings. The fourth-order valence-corrected chi connectivity index (χ4v) is 3.06. The van der Waals surface area contributed by atoms with Crippen LogP contribution in [0.2, 0.25) is 0 Å². The average Bonchev–Trinajstić information content (AvgIpc) is 2.53. The Morgan fingerprint density at radius 1 is 1.22 bits per heavy atom. The Morgan fingerprint density at radius 3 is 2.78 bits per heavy atom. The number of thioether (sulfide) groups is 1. The monoisotopic (exact) mass is 334 g/mol.